The number of hydrogen-bond acceptors (Lipinski definition) is 5. The molecule has 5 heteroatoms. The minimum absolute atomic E-state index is 0.342. The second-order valence-corrected chi connectivity index (χ2v) is 4.11. The summed E-state index contributed by atoms with van der Waals surface area (Å²) < 4.78 is 10.8. The zero-order valence-corrected chi connectivity index (χ0v) is 9.74. The molecule has 16 heavy (non-hydrogen) atoms. The fraction of sp³-hybridized carbons (Fsp3) is 0.818. The van der Waals surface area contributed by atoms with Crippen LogP contribution in [-0.2, 0) is 17.8 Å². The summed E-state index contributed by atoms with van der Waals surface area (Å²) in [5, 5.41) is 7.20. The maximum atomic E-state index is 5.74. The molecule has 1 aliphatic heterocycles. The molecular formula is C11H19N3O2. The number of aromatic nitrogens is 2. The fourth-order valence-corrected chi connectivity index (χ4v) is 1.82. The number of aryl methyl sites for hydroxylation is 1. The number of nitrogens with zero attached hydrogens (tertiary/aromatic N) is 2. The van der Waals surface area contributed by atoms with Crippen LogP contribution in [0.15, 0.2) is 4.52 Å². The van der Waals surface area contributed by atoms with Gasteiger partial charge in [-0.3, -0.25) is 0 Å². The zero-order valence-electron chi connectivity index (χ0n) is 9.74. The van der Waals surface area contributed by atoms with E-state index in [0.717, 1.165) is 38.8 Å². The van der Waals surface area contributed by atoms with Gasteiger partial charge in [-0.05, 0) is 32.4 Å². The molecule has 0 aromatic carbocycles. The Morgan fingerprint density at radius 3 is 3.00 bits per heavy atom. The molecule has 90 valence electrons. The summed E-state index contributed by atoms with van der Waals surface area (Å²) in [5.74, 6) is 1.38. The van der Waals surface area contributed by atoms with Gasteiger partial charge in [0.05, 0.1) is 6.10 Å². The molecule has 1 fully saturated rings. The van der Waals surface area contributed by atoms with Gasteiger partial charge < -0.3 is 14.6 Å². The van der Waals surface area contributed by atoms with Crippen molar-refractivity contribution in [3.63, 3.8) is 0 Å². The van der Waals surface area contributed by atoms with Crippen LogP contribution in [-0.4, -0.2) is 29.3 Å². The summed E-state index contributed by atoms with van der Waals surface area (Å²) >= 11 is 0. The standard InChI is InChI=1S/C11H19N3O2/c1-2-3-11-13-10(14-16-11)8-15-9-4-6-12-7-5-9/h9,12H,2-8H2,1H3. The zero-order chi connectivity index (χ0) is 11.2. The fourth-order valence-electron chi connectivity index (χ4n) is 1.82. The van der Waals surface area contributed by atoms with Gasteiger partial charge in [0.2, 0.25) is 5.89 Å². The Morgan fingerprint density at radius 2 is 2.25 bits per heavy atom. The molecule has 0 amide bonds. The molecule has 0 saturated carbocycles. The molecule has 5 nitrogen and oxygen atoms in total. The first-order chi connectivity index (χ1) is 7.88. The summed E-state index contributed by atoms with van der Waals surface area (Å²) in [5.41, 5.74) is 0. The average molecular weight is 225 g/mol. The lowest BCUT2D eigenvalue weighted by molar-refractivity contribution is 0.0170. The van der Waals surface area contributed by atoms with Crippen LogP contribution in [0.1, 0.15) is 37.9 Å². The normalized spacial score (nSPS) is 17.8. The first-order valence-corrected chi connectivity index (χ1v) is 6.02. The molecule has 0 unspecified atom stereocenters. The van der Waals surface area contributed by atoms with E-state index in [-0.39, 0.29) is 0 Å². The van der Waals surface area contributed by atoms with Crippen molar-refractivity contribution in [1.29, 1.82) is 0 Å². The Bertz CT molecular complexity index is 308. The van der Waals surface area contributed by atoms with Crippen molar-refractivity contribution >= 4 is 0 Å². The van der Waals surface area contributed by atoms with Crippen molar-refractivity contribution in [2.45, 2.75) is 45.3 Å². The molecule has 1 aromatic rings. The van der Waals surface area contributed by atoms with Crippen molar-refractivity contribution in [3.05, 3.63) is 11.7 Å². The summed E-state index contributed by atoms with van der Waals surface area (Å²) in [6.45, 7) is 4.64. The lowest BCUT2D eigenvalue weighted by atomic mass is 10.1. The van der Waals surface area contributed by atoms with E-state index in [1.165, 1.54) is 0 Å². The number of hydrogen-bond donors (Lipinski definition) is 1. The lowest BCUT2D eigenvalue weighted by Crippen LogP contribution is -2.32. The van der Waals surface area contributed by atoms with Crippen LogP contribution in [0.4, 0.5) is 0 Å². The molecule has 1 N–H and O–H groups in total. The number of ether oxygens (including phenoxy) is 1. The Morgan fingerprint density at radius 1 is 1.44 bits per heavy atom. The van der Waals surface area contributed by atoms with E-state index >= 15 is 0 Å². The first kappa shape index (κ1) is 11.5. The van der Waals surface area contributed by atoms with E-state index in [4.69, 9.17) is 9.26 Å². The Kier molecular flexibility index (Phi) is 4.30. The largest absolute Gasteiger partial charge is 0.370 e. The molecule has 2 heterocycles. The van der Waals surface area contributed by atoms with Gasteiger partial charge in [-0.1, -0.05) is 12.1 Å². The number of rotatable bonds is 5. The summed E-state index contributed by atoms with van der Waals surface area (Å²) in [7, 11) is 0. The Balaban J connectivity index is 1.75. The molecule has 0 aliphatic carbocycles. The highest BCUT2D eigenvalue weighted by molar-refractivity contribution is 4.84. The van der Waals surface area contributed by atoms with Crippen LogP contribution in [0, 0.1) is 0 Å². The van der Waals surface area contributed by atoms with E-state index in [2.05, 4.69) is 22.4 Å². The van der Waals surface area contributed by atoms with Crippen molar-refractivity contribution in [3.8, 4) is 0 Å². The average Bonchev–Trinajstić information content (AvgIpc) is 2.76. The molecule has 1 saturated heterocycles. The third-order valence-electron chi connectivity index (χ3n) is 2.71. The molecule has 0 spiro atoms. The van der Waals surface area contributed by atoms with Crippen LogP contribution in [0.5, 0.6) is 0 Å². The van der Waals surface area contributed by atoms with E-state index in [1.807, 2.05) is 0 Å². The van der Waals surface area contributed by atoms with E-state index in [1.54, 1.807) is 0 Å². The third-order valence-corrected chi connectivity index (χ3v) is 2.71. The predicted octanol–water partition coefficient (Wildman–Crippen LogP) is 1.29. The van der Waals surface area contributed by atoms with Crippen LogP contribution >= 0.6 is 0 Å². The summed E-state index contributed by atoms with van der Waals surface area (Å²) in [6.07, 6.45) is 4.35. The van der Waals surface area contributed by atoms with Gasteiger partial charge in [0, 0.05) is 6.42 Å². The molecule has 2 rings (SSSR count). The highest BCUT2D eigenvalue weighted by atomic mass is 16.5. The first-order valence-electron chi connectivity index (χ1n) is 6.02. The second-order valence-electron chi connectivity index (χ2n) is 4.11. The highest BCUT2D eigenvalue weighted by Crippen LogP contribution is 2.10. The Hall–Kier alpha value is -0.940. The molecule has 0 radical (unpaired) electrons. The van der Waals surface area contributed by atoms with E-state index < -0.39 is 0 Å². The molecular weight excluding hydrogens is 206 g/mol. The van der Waals surface area contributed by atoms with Gasteiger partial charge in [0.15, 0.2) is 5.82 Å². The van der Waals surface area contributed by atoms with Crippen molar-refractivity contribution in [2.75, 3.05) is 13.1 Å². The van der Waals surface area contributed by atoms with Gasteiger partial charge in [0.1, 0.15) is 6.61 Å². The molecule has 0 atom stereocenters. The van der Waals surface area contributed by atoms with Crippen molar-refractivity contribution in [2.24, 2.45) is 0 Å². The Labute approximate surface area is 95.6 Å². The monoisotopic (exact) mass is 225 g/mol. The minimum Gasteiger partial charge on any atom is -0.370 e. The van der Waals surface area contributed by atoms with Crippen LogP contribution in [0.3, 0.4) is 0 Å². The van der Waals surface area contributed by atoms with Crippen molar-refractivity contribution < 1.29 is 9.26 Å². The maximum absolute atomic E-state index is 5.74. The topological polar surface area (TPSA) is 60.2 Å². The quantitative estimate of drug-likeness (QED) is 0.818. The van der Waals surface area contributed by atoms with Crippen molar-refractivity contribution in [1.82, 2.24) is 15.5 Å². The second kappa shape index (κ2) is 5.96. The molecule has 1 aromatic heterocycles. The highest BCUT2D eigenvalue weighted by Gasteiger charge is 2.14. The van der Waals surface area contributed by atoms with Crippen LogP contribution in [0.25, 0.3) is 0 Å². The lowest BCUT2D eigenvalue weighted by Gasteiger charge is -2.22. The van der Waals surface area contributed by atoms with E-state index in [9.17, 15) is 0 Å². The van der Waals surface area contributed by atoms with Gasteiger partial charge >= 0.3 is 0 Å². The number of nitrogens with one attached hydrogen (secondary N) is 1. The van der Waals surface area contributed by atoms with E-state index in [0.29, 0.717) is 24.4 Å². The van der Waals surface area contributed by atoms with Gasteiger partial charge in [0.25, 0.3) is 0 Å². The maximum Gasteiger partial charge on any atom is 0.226 e. The van der Waals surface area contributed by atoms with Crippen LogP contribution < -0.4 is 5.32 Å². The van der Waals surface area contributed by atoms with Gasteiger partial charge in [-0.15, -0.1) is 0 Å². The van der Waals surface area contributed by atoms with Gasteiger partial charge in [-0.2, -0.15) is 4.98 Å². The van der Waals surface area contributed by atoms with Gasteiger partial charge in [-0.25, -0.2) is 0 Å². The molecule has 0 bridgehead atoms. The third kappa shape index (κ3) is 3.28. The smallest absolute Gasteiger partial charge is 0.226 e. The summed E-state index contributed by atoms with van der Waals surface area (Å²) in [4.78, 5) is 4.27. The molecule has 1 aliphatic rings. The predicted molar refractivity (Wildman–Crippen MR) is 59.0 cm³/mol. The SMILES string of the molecule is CCCc1nc(COC2CCNCC2)no1. The summed E-state index contributed by atoms with van der Waals surface area (Å²) in [6, 6.07) is 0. The number of piperidine rings is 1. The minimum atomic E-state index is 0.342. The van der Waals surface area contributed by atoms with Crippen LogP contribution in [0.2, 0.25) is 0 Å².